The molecule has 1 aromatic rings. The Balaban J connectivity index is 2.16. The predicted octanol–water partition coefficient (Wildman–Crippen LogP) is 1.80. The molecule has 0 aromatic heterocycles. The molecule has 19 heavy (non-hydrogen) atoms. The monoisotopic (exact) mass is 258 g/mol. The molecule has 0 bridgehead atoms. The van der Waals surface area contributed by atoms with E-state index in [0.29, 0.717) is 23.6 Å². The van der Waals surface area contributed by atoms with Crippen molar-refractivity contribution < 1.29 is 14.3 Å². The largest absolute Gasteiger partial charge is 0.497 e. The van der Waals surface area contributed by atoms with Crippen molar-refractivity contribution in [1.82, 2.24) is 5.32 Å². The molecule has 1 heterocycles. The summed E-state index contributed by atoms with van der Waals surface area (Å²) in [7, 11) is 0. The molecule has 5 nitrogen and oxygen atoms in total. The summed E-state index contributed by atoms with van der Waals surface area (Å²) in [6.07, 6.45) is 4.96. The van der Waals surface area contributed by atoms with Crippen molar-refractivity contribution in [3.63, 3.8) is 0 Å². The minimum Gasteiger partial charge on any atom is -0.497 e. The zero-order chi connectivity index (χ0) is 13.7. The summed E-state index contributed by atoms with van der Waals surface area (Å²) in [5.41, 5.74) is 1.58. The van der Waals surface area contributed by atoms with Gasteiger partial charge in [0, 0.05) is 12.6 Å². The van der Waals surface area contributed by atoms with Gasteiger partial charge in [0.1, 0.15) is 6.61 Å². The molecule has 2 amide bonds. The van der Waals surface area contributed by atoms with Crippen LogP contribution in [0.2, 0.25) is 0 Å². The van der Waals surface area contributed by atoms with Gasteiger partial charge in [-0.05, 0) is 24.3 Å². The van der Waals surface area contributed by atoms with Gasteiger partial charge in [-0.2, -0.15) is 0 Å². The second-order valence-electron chi connectivity index (χ2n) is 3.98. The molecular formula is C14H14N2O3. The lowest BCUT2D eigenvalue weighted by molar-refractivity contribution is -0.114. The average molecular weight is 258 g/mol. The van der Waals surface area contributed by atoms with Crippen LogP contribution in [0.25, 0.3) is 0 Å². The lowest BCUT2D eigenvalue weighted by Gasteiger charge is -2.12. The van der Waals surface area contributed by atoms with E-state index >= 15 is 0 Å². The summed E-state index contributed by atoms with van der Waals surface area (Å²) in [5, 5.41) is 5.38. The predicted molar refractivity (Wildman–Crippen MR) is 71.4 cm³/mol. The molecule has 1 aliphatic heterocycles. The number of anilines is 1. The van der Waals surface area contributed by atoms with Gasteiger partial charge in [-0.15, -0.1) is 0 Å². The lowest BCUT2D eigenvalue weighted by atomic mass is 10.1. The van der Waals surface area contributed by atoms with Crippen molar-refractivity contribution in [3.05, 3.63) is 53.9 Å². The second-order valence-corrected chi connectivity index (χ2v) is 3.98. The first-order chi connectivity index (χ1) is 9.16. The topological polar surface area (TPSA) is 67.4 Å². The van der Waals surface area contributed by atoms with E-state index in [2.05, 4.69) is 10.6 Å². The Bertz CT molecular complexity index is 562. The van der Waals surface area contributed by atoms with Crippen LogP contribution < -0.4 is 10.6 Å². The number of allylic oxidation sites excluding steroid dienone is 1. The number of amides is 2. The molecule has 0 atom stereocenters. The number of hydrogen-bond donors (Lipinski definition) is 2. The molecule has 0 saturated carbocycles. The third-order valence-corrected chi connectivity index (χ3v) is 2.48. The number of benzene rings is 1. The van der Waals surface area contributed by atoms with E-state index in [4.69, 9.17) is 4.74 Å². The Morgan fingerprint density at radius 3 is 2.68 bits per heavy atom. The van der Waals surface area contributed by atoms with Crippen molar-refractivity contribution in [3.8, 4) is 0 Å². The second kappa shape index (κ2) is 5.86. The fourth-order valence-corrected chi connectivity index (χ4v) is 1.65. The zero-order valence-corrected chi connectivity index (χ0v) is 10.5. The normalized spacial score (nSPS) is 13.2. The van der Waals surface area contributed by atoms with Gasteiger partial charge in [-0.25, -0.2) is 0 Å². The fourth-order valence-electron chi connectivity index (χ4n) is 1.65. The van der Waals surface area contributed by atoms with E-state index in [1.807, 2.05) is 0 Å². The highest BCUT2D eigenvalue weighted by molar-refractivity contribution is 6.04. The minimum absolute atomic E-state index is 0.217. The molecule has 2 rings (SSSR count). The maximum Gasteiger partial charge on any atom is 0.257 e. The lowest BCUT2D eigenvalue weighted by Crippen LogP contribution is -2.24. The van der Waals surface area contributed by atoms with Crippen molar-refractivity contribution >= 4 is 17.5 Å². The molecule has 0 fully saturated rings. The molecule has 0 unspecified atom stereocenters. The molecule has 0 aliphatic carbocycles. The molecule has 0 saturated heterocycles. The Morgan fingerprint density at radius 2 is 2.00 bits per heavy atom. The van der Waals surface area contributed by atoms with Gasteiger partial charge >= 0.3 is 0 Å². The van der Waals surface area contributed by atoms with Crippen molar-refractivity contribution in [2.45, 2.75) is 6.92 Å². The van der Waals surface area contributed by atoms with Gasteiger partial charge in [0.25, 0.3) is 5.91 Å². The number of carbonyl (C=O) groups excluding carboxylic acids is 2. The first-order valence-corrected chi connectivity index (χ1v) is 5.83. The first kappa shape index (κ1) is 12.9. The van der Waals surface area contributed by atoms with Gasteiger partial charge in [-0.1, -0.05) is 12.1 Å². The minimum atomic E-state index is -0.276. The molecule has 5 heteroatoms. The Kier molecular flexibility index (Phi) is 3.97. The summed E-state index contributed by atoms with van der Waals surface area (Å²) in [6.45, 7) is 1.83. The van der Waals surface area contributed by atoms with Crippen molar-refractivity contribution in [1.29, 1.82) is 0 Å². The smallest absolute Gasteiger partial charge is 0.257 e. The summed E-state index contributed by atoms with van der Waals surface area (Å²) in [4.78, 5) is 23.2. The number of para-hydroxylation sites is 1. The number of carbonyl (C=O) groups is 2. The third kappa shape index (κ3) is 3.45. The van der Waals surface area contributed by atoms with E-state index in [0.717, 1.165) is 0 Å². The highest BCUT2D eigenvalue weighted by atomic mass is 16.5. The van der Waals surface area contributed by atoms with E-state index in [1.54, 1.807) is 36.4 Å². The van der Waals surface area contributed by atoms with Crippen LogP contribution in [0.4, 0.5) is 5.69 Å². The summed E-state index contributed by atoms with van der Waals surface area (Å²) >= 11 is 0. The van der Waals surface area contributed by atoms with Crippen molar-refractivity contribution in [2.75, 3.05) is 11.9 Å². The van der Waals surface area contributed by atoms with E-state index in [9.17, 15) is 9.59 Å². The molecule has 1 aromatic carbocycles. The number of hydrogen-bond acceptors (Lipinski definition) is 3. The van der Waals surface area contributed by atoms with Crippen LogP contribution in [0.5, 0.6) is 0 Å². The molecule has 98 valence electrons. The Labute approximate surface area is 111 Å². The van der Waals surface area contributed by atoms with Gasteiger partial charge in [-0.3, -0.25) is 9.59 Å². The highest BCUT2D eigenvalue weighted by Gasteiger charge is 2.12. The molecular weight excluding hydrogens is 244 g/mol. The quantitative estimate of drug-likeness (QED) is 0.868. The van der Waals surface area contributed by atoms with Gasteiger partial charge in [0.2, 0.25) is 5.91 Å². The molecule has 2 N–H and O–H groups in total. The summed E-state index contributed by atoms with van der Waals surface area (Å²) < 4.78 is 5.00. The average Bonchev–Trinajstić information content (AvgIpc) is 2.39. The van der Waals surface area contributed by atoms with Crippen LogP contribution in [-0.4, -0.2) is 18.4 Å². The van der Waals surface area contributed by atoms with Crippen LogP contribution in [0, 0.1) is 0 Å². The first-order valence-electron chi connectivity index (χ1n) is 5.83. The number of ether oxygens (including phenoxy) is 1. The van der Waals surface area contributed by atoms with Crippen LogP contribution >= 0.6 is 0 Å². The van der Waals surface area contributed by atoms with Gasteiger partial charge in [0.15, 0.2) is 0 Å². The van der Waals surface area contributed by atoms with Crippen LogP contribution in [-0.2, 0) is 9.53 Å². The Morgan fingerprint density at radius 1 is 1.21 bits per heavy atom. The Hall–Kier alpha value is -2.56. The van der Waals surface area contributed by atoms with Crippen LogP contribution in [0.1, 0.15) is 17.3 Å². The maximum absolute atomic E-state index is 12.1. The van der Waals surface area contributed by atoms with Crippen LogP contribution in [0.15, 0.2) is 48.4 Å². The molecule has 0 radical (unpaired) electrons. The van der Waals surface area contributed by atoms with Crippen LogP contribution in [0.3, 0.4) is 0 Å². The number of nitrogens with one attached hydrogen (secondary N) is 2. The van der Waals surface area contributed by atoms with E-state index in [1.165, 1.54) is 13.2 Å². The standard InChI is InChI=1S/C14H14N2O3/c1-10(17)15-13-5-3-2-4-12(13)14(18)16-11-6-8-19-9-7-11/h2-8H,9H2,1H3,(H,15,17)(H,16,18). The maximum atomic E-state index is 12.1. The summed E-state index contributed by atoms with van der Waals surface area (Å²) in [5.74, 6) is -0.493. The van der Waals surface area contributed by atoms with E-state index < -0.39 is 0 Å². The van der Waals surface area contributed by atoms with Gasteiger partial charge < -0.3 is 15.4 Å². The number of rotatable bonds is 3. The summed E-state index contributed by atoms with van der Waals surface area (Å²) in [6, 6.07) is 6.85. The SMILES string of the molecule is CC(=O)Nc1ccccc1C(=O)NC1=CCOC=C1. The van der Waals surface area contributed by atoms with Gasteiger partial charge in [0.05, 0.1) is 17.5 Å². The highest BCUT2D eigenvalue weighted by Crippen LogP contribution is 2.15. The molecule has 1 aliphatic rings. The molecule has 0 spiro atoms. The van der Waals surface area contributed by atoms with E-state index in [-0.39, 0.29) is 11.8 Å². The third-order valence-electron chi connectivity index (χ3n) is 2.48. The fraction of sp³-hybridized carbons (Fsp3) is 0.143. The zero-order valence-electron chi connectivity index (χ0n) is 10.5. The van der Waals surface area contributed by atoms with Crippen molar-refractivity contribution in [2.24, 2.45) is 0 Å².